The predicted molar refractivity (Wildman–Crippen MR) is 45.1 cm³/mol. The smallest absolute Gasteiger partial charge is 0.249 e. The van der Waals surface area contributed by atoms with Gasteiger partial charge in [-0.25, -0.2) is 0 Å². The quantitative estimate of drug-likeness (QED) is 0.713. The van der Waals surface area contributed by atoms with E-state index in [2.05, 4.69) is 12.8 Å². The summed E-state index contributed by atoms with van der Waals surface area (Å²) >= 11 is 0. The average Bonchev–Trinajstić information content (AvgIpc) is 1.99. The Labute approximate surface area is 103 Å². The summed E-state index contributed by atoms with van der Waals surface area (Å²) in [5, 5.41) is 8.66. The molecular weight excluding hydrogens is 243 g/mol. The van der Waals surface area contributed by atoms with E-state index in [1.807, 2.05) is 6.92 Å². The number of carbonyl (C=O) groups is 1. The summed E-state index contributed by atoms with van der Waals surface area (Å²) in [6, 6.07) is 0. The molecule has 1 heterocycles. The van der Waals surface area contributed by atoms with E-state index < -0.39 is 5.97 Å². The normalized spacial score (nSPS) is 15.8. The molecule has 0 bridgehead atoms. The summed E-state index contributed by atoms with van der Waals surface area (Å²) < 4.78 is 0. The number of carboxylic acids is 1. The molecule has 1 N–H and O–H groups in total. The number of carboxylic acid groups (broad SMARTS) is 1. The van der Waals surface area contributed by atoms with Gasteiger partial charge in [0, 0.05) is 32.7 Å². The second-order valence-corrected chi connectivity index (χ2v) is 2.66. The second-order valence-electron chi connectivity index (χ2n) is 2.66. The summed E-state index contributed by atoms with van der Waals surface area (Å²) in [5.41, 5.74) is 1.80. The SMILES string of the molecule is C=C1C(C)=CC(C(=O)O)=[C-]N1C.[Y]. The van der Waals surface area contributed by atoms with Gasteiger partial charge in [-0.2, -0.15) is 0 Å². The molecule has 0 unspecified atom stereocenters. The molecule has 1 aliphatic heterocycles. The molecule has 1 radical (unpaired) electrons. The van der Waals surface area contributed by atoms with Gasteiger partial charge in [-0.1, -0.05) is 13.1 Å². The first kappa shape index (κ1) is 12.6. The molecule has 0 aromatic heterocycles. The minimum atomic E-state index is -0.964. The number of hydrogen-bond acceptors (Lipinski definition) is 2. The Bertz CT molecular complexity index is 305. The molecular formula is C9H10NO2Y-. The number of aliphatic carboxylic acids is 1. The van der Waals surface area contributed by atoms with Crippen molar-refractivity contribution in [3.8, 4) is 0 Å². The van der Waals surface area contributed by atoms with Crippen molar-refractivity contribution < 1.29 is 42.6 Å². The van der Waals surface area contributed by atoms with Crippen molar-refractivity contribution in [1.82, 2.24) is 4.90 Å². The van der Waals surface area contributed by atoms with Gasteiger partial charge >= 0.3 is 0 Å². The Morgan fingerprint density at radius 2 is 2.23 bits per heavy atom. The van der Waals surface area contributed by atoms with Gasteiger partial charge in [-0.15, -0.1) is 18.2 Å². The molecule has 0 spiro atoms. The van der Waals surface area contributed by atoms with E-state index >= 15 is 0 Å². The molecule has 3 nitrogen and oxygen atoms in total. The summed E-state index contributed by atoms with van der Waals surface area (Å²) in [6.07, 6.45) is 4.23. The van der Waals surface area contributed by atoms with Crippen LogP contribution in [-0.4, -0.2) is 23.0 Å². The van der Waals surface area contributed by atoms with E-state index in [1.54, 1.807) is 18.0 Å². The molecule has 0 amide bonds. The summed E-state index contributed by atoms with van der Waals surface area (Å²) in [5.74, 6) is -0.964. The first-order valence-electron chi connectivity index (χ1n) is 3.50. The molecule has 1 aliphatic rings. The zero-order valence-corrected chi connectivity index (χ0v) is 10.5. The van der Waals surface area contributed by atoms with E-state index in [9.17, 15) is 4.79 Å². The van der Waals surface area contributed by atoms with E-state index in [-0.39, 0.29) is 38.3 Å². The number of allylic oxidation sites excluding steroid dienone is 1. The van der Waals surface area contributed by atoms with Crippen LogP contribution in [0.2, 0.25) is 0 Å². The van der Waals surface area contributed by atoms with Gasteiger partial charge in [0.2, 0.25) is 5.97 Å². The van der Waals surface area contributed by atoms with Crippen LogP contribution in [0.5, 0.6) is 0 Å². The van der Waals surface area contributed by atoms with Gasteiger partial charge in [0.1, 0.15) is 0 Å². The molecule has 4 heteroatoms. The van der Waals surface area contributed by atoms with Crippen LogP contribution in [0.4, 0.5) is 0 Å². The third-order valence-electron chi connectivity index (χ3n) is 1.74. The van der Waals surface area contributed by atoms with Crippen LogP contribution in [0.3, 0.4) is 0 Å². The Kier molecular flexibility index (Phi) is 4.58. The van der Waals surface area contributed by atoms with Crippen molar-refractivity contribution in [2.75, 3.05) is 7.05 Å². The first-order chi connectivity index (χ1) is 5.52. The standard InChI is InChI=1S/C9H10NO2.Y/c1-6-4-8(9(11)12)5-10(3)7(6)2;/h4H,2H2,1,3H3,(H,11,12);/q-1;. The first-order valence-corrected chi connectivity index (χ1v) is 3.50. The van der Waals surface area contributed by atoms with Crippen molar-refractivity contribution in [2.24, 2.45) is 0 Å². The number of likely N-dealkylation sites (N-methyl/N-ethyl adjacent to an activating group) is 1. The predicted octanol–water partition coefficient (Wildman–Crippen LogP) is 1.16. The maximum absolute atomic E-state index is 10.6. The molecule has 1 rings (SSSR count). The van der Waals surface area contributed by atoms with E-state index in [0.29, 0.717) is 0 Å². The molecule has 0 saturated carbocycles. The zero-order valence-electron chi connectivity index (χ0n) is 7.66. The molecule has 0 saturated heterocycles. The molecule has 0 atom stereocenters. The van der Waals surface area contributed by atoms with E-state index in [1.165, 1.54) is 0 Å². The van der Waals surface area contributed by atoms with Crippen LogP contribution in [0, 0.1) is 6.20 Å². The van der Waals surface area contributed by atoms with Crippen molar-refractivity contribution >= 4 is 5.97 Å². The third-order valence-corrected chi connectivity index (χ3v) is 1.74. The minimum absolute atomic E-state index is 0. The van der Waals surface area contributed by atoms with Crippen molar-refractivity contribution in [3.05, 3.63) is 35.7 Å². The second kappa shape index (κ2) is 4.73. The monoisotopic (exact) mass is 253 g/mol. The van der Waals surface area contributed by atoms with Gasteiger partial charge in [-0.05, 0) is 18.3 Å². The van der Waals surface area contributed by atoms with Gasteiger partial charge in [0.25, 0.3) is 0 Å². The fraction of sp³-hybridized carbons (Fsp3) is 0.222. The Morgan fingerprint density at radius 1 is 1.69 bits per heavy atom. The average molecular weight is 253 g/mol. The molecule has 0 fully saturated rings. The summed E-state index contributed by atoms with van der Waals surface area (Å²) in [4.78, 5) is 12.1. The van der Waals surface area contributed by atoms with Crippen LogP contribution in [-0.2, 0) is 37.5 Å². The van der Waals surface area contributed by atoms with Crippen molar-refractivity contribution in [1.29, 1.82) is 0 Å². The molecule has 67 valence electrons. The fourth-order valence-corrected chi connectivity index (χ4v) is 0.954. The maximum atomic E-state index is 10.6. The van der Waals surface area contributed by atoms with Crippen LogP contribution in [0.1, 0.15) is 6.92 Å². The summed E-state index contributed by atoms with van der Waals surface area (Å²) in [7, 11) is 1.72. The van der Waals surface area contributed by atoms with Crippen LogP contribution in [0.15, 0.2) is 29.5 Å². The molecule has 0 aromatic carbocycles. The zero-order chi connectivity index (χ0) is 9.30. The van der Waals surface area contributed by atoms with E-state index in [4.69, 9.17) is 5.11 Å². The van der Waals surface area contributed by atoms with Crippen LogP contribution >= 0.6 is 0 Å². The van der Waals surface area contributed by atoms with Crippen LogP contribution in [0.25, 0.3) is 0 Å². The fourth-order valence-electron chi connectivity index (χ4n) is 0.954. The van der Waals surface area contributed by atoms with E-state index in [0.717, 1.165) is 11.3 Å². The Hall–Kier alpha value is -0.406. The van der Waals surface area contributed by atoms with Crippen molar-refractivity contribution in [2.45, 2.75) is 6.92 Å². The molecule has 0 aromatic rings. The van der Waals surface area contributed by atoms with Gasteiger partial charge < -0.3 is 14.8 Å². The largest absolute Gasteiger partial charge is 0.521 e. The molecule has 13 heavy (non-hydrogen) atoms. The third kappa shape index (κ3) is 2.78. The van der Waals surface area contributed by atoms with Gasteiger partial charge in [-0.3, -0.25) is 0 Å². The van der Waals surface area contributed by atoms with Crippen LogP contribution < -0.4 is 0 Å². The molecule has 0 aliphatic carbocycles. The topological polar surface area (TPSA) is 40.5 Å². The summed E-state index contributed by atoms with van der Waals surface area (Å²) in [6.45, 7) is 5.58. The van der Waals surface area contributed by atoms with Crippen molar-refractivity contribution in [3.63, 3.8) is 0 Å². The number of nitrogens with zero attached hydrogens (tertiary/aromatic N) is 1. The van der Waals surface area contributed by atoms with Gasteiger partial charge in [0.05, 0.1) is 0 Å². The number of hydrogen-bond donors (Lipinski definition) is 1. The van der Waals surface area contributed by atoms with Gasteiger partial charge in [0.15, 0.2) is 0 Å². The maximum Gasteiger partial charge on any atom is 0.249 e. The Morgan fingerprint density at radius 3 is 2.62 bits per heavy atom. The number of rotatable bonds is 1. The minimum Gasteiger partial charge on any atom is -0.521 e. The Balaban J connectivity index is 0.00000144.